The van der Waals surface area contributed by atoms with Crippen molar-refractivity contribution >= 4 is 11.4 Å². The predicted molar refractivity (Wildman–Crippen MR) is 68.0 cm³/mol. The number of anilines is 1. The molecule has 1 aliphatic carbocycles. The van der Waals surface area contributed by atoms with Crippen LogP contribution in [0.15, 0.2) is 12.1 Å². The number of halogens is 2. The smallest absolute Gasteiger partial charge is 0.295 e. The molecular weight excluding hydrogens is 254 g/mol. The topological polar surface area (TPSA) is 55.2 Å². The van der Waals surface area contributed by atoms with Gasteiger partial charge in [-0.1, -0.05) is 27.7 Å². The number of benzene rings is 1. The van der Waals surface area contributed by atoms with Crippen LogP contribution < -0.4 is 5.32 Å². The van der Waals surface area contributed by atoms with Crippen molar-refractivity contribution in [3.05, 3.63) is 33.9 Å². The van der Waals surface area contributed by atoms with Crippen LogP contribution >= 0.6 is 0 Å². The summed E-state index contributed by atoms with van der Waals surface area (Å²) in [6.45, 7) is 7.92. The Morgan fingerprint density at radius 3 is 2.16 bits per heavy atom. The zero-order valence-electron chi connectivity index (χ0n) is 11.3. The Kier molecular flexibility index (Phi) is 2.80. The van der Waals surface area contributed by atoms with Crippen LogP contribution in [-0.4, -0.2) is 11.0 Å². The summed E-state index contributed by atoms with van der Waals surface area (Å²) in [5.41, 5.74) is -1.09. The molecule has 104 valence electrons. The first kappa shape index (κ1) is 13.7. The molecule has 0 bridgehead atoms. The summed E-state index contributed by atoms with van der Waals surface area (Å²) in [7, 11) is 0. The van der Waals surface area contributed by atoms with E-state index in [1.165, 1.54) is 0 Å². The molecule has 4 nitrogen and oxygen atoms in total. The van der Waals surface area contributed by atoms with E-state index in [0.29, 0.717) is 0 Å². The molecule has 1 aromatic carbocycles. The number of rotatable bonds is 3. The number of nitrogens with zero attached hydrogens (tertiary/aromatic N) is 1. The van der Waals surface area contributed by atoms with Crippen molar-refractivity contribution in [1.82, 2.24) is 0 Å². The Balaban J connectivity index is 2.41. The van der Waals surface area contributed by atoms with Crippen molar-refractivity contribution in [3.63, 3.8) is 0 Å². The molecule has 19 heavy (non-hydrogen) atoms. The van der Waals surface area contributed by atoms with Gasteiger partial charge in [0.15, 0.2) is 17.3 Å². The van der Waals surface area contributed by atoms with Gasteiger partial charge in [0.05, 0.1) is 4.92 Å². The Morgan fingerprint density at radius 1 is 1.21 bits per heavy atom. The van der Waals surface area contributed by atoms with Gasteiger partial charge in [-0.2, -0.15) is 0 Å². The molecular formula is C13H16F2N2O2. The lowest BCUT2D eigenvalue weighted by molar-refractivity contribution is -0.384. The average Bonchev–Trinajstić information content (AvgIpc) is 2.66. The third-order valence-corrected chi connectivity index (χ3v) is 4.58. The maximum atomic E-state index is 13.8. The Hall–Kier alpha value is -1.72. The minimum atomic E-state index is -1.20. The van der Waals surface area contributed by atoms with E-state index in [2.05, 4.69) is 5.32 Å². The molecule has 1 aliphatic rings. The van der Waals surface area contributed by atoms with E-state index < -0.39 is 22.2 Å². The zero-order chi connectivity index (χ0) is 14.6. The van der Waals surface area contributed by atoms with Crippen LogP contribution in [0.2, 0.25) is 0 Å². The number of nitro benzene ring substituents is 1. The summed E-state index contributed by atoms with van der Waals surface area (Å²) >= 11 is 0. The predicted octanol–water partition coefficient (Wildman–Crippen LogP) is 3.72. The Bertz CT molecular complexity index is 542. The molecule has 1 N–H and O–H groups in total. The van der Waals surface area contributed by atoms with Crippen LogP contribution in [0.1, 0.15) is 27.7 Å². The van der Waals surface area contributed by atoms with Crippen molar-refractivity contribution in [2.45, 2.75) is 33.7 Å². The lowest BCUT2D eigenvalue weighted by Gasteiger charge is -2.10. The highest BCUT2D eigenvalue weighted by Crippen LogP contribution is 2.64. The molecule has 0 amide bonds. The molecule has 1 saturated carbocycles. The van der Waals surface area contributed by atoms with E-state index >= 15 is 0 Å². The van der Waals surface area contributed by atoms with Gasteiger partial charge in [0.25, 0.3) is 5.69 Å². The van der Waals surface area contributed by atoms with Crippen LogP contribution in [0.25, 0.3) is 0 Å². The lowest BCUT2D eigenvalue weighted by atomic mass is 10.0. The van der Waals surface area contributed by atoms with Gasteiger partial charge >= 0.3 is 0 Å². The largest absolute Gasteiger partial charge is 0.373 e. The van der Waals surface area contributed by atoms with E-state index in [4.69, 9.17) is 0 Å². The number of nitro groups is 1. The fraction of sp³-hybridized carbons (Fsp3) is 0.538. The minimum absolute atomic E-state index is 0.139. The SMILES string of the molecule is CC1(C)C(Nc2c([N+](=O)[O-])ccc(F)c2F)C1(C)C. The third kappa shape index (κ3) is 1.86. The molecule has 0 radical (unpaired) electrons. The van der Waals surface area contributed by atoms with Crippen molar-refractivity contribution in [2.24, 2.45) is 10.8 Å². The van der Waals surface area contributed by atoms with Crippen molar-refractivity contribution in [3.8, 4) is 0 Å². The second kappa shape index (κ2) is 3.88. The van der Waals surface area contributed by atoms with Gasteiger partial charge in [-0.3, -0.25) is 10.1 Å². The van der Waals surface area contributed by atoms with E-state index in [9.17, 15) is 18.9 Å². The first-order valence-electron chi connectivity index (χ1n) is 5.99. The summed E-state index contributed by atoms with van der Waals surface area (Å²) in [6.07, 6.45) is 0. The van der Waals surface area contributed by atoms with Gasteiger partial charge in [-0.15, -0.1) is 0 Å². The minimum Gasteiger partial charge on any atom is -0.373 e. The monoisotopic (exact) mass is 270 g/mol. The van der Waals surface area contributed by atoms with Gasteiger partial charge in [-0.05, 0) is 16.9 Å². The summed E-state index contributed by atoms with van der Waals surface area (Å²) in [6, 6.07) is 1.60. The molecule has 1 aromatic rings. The van der Waals surface area contributed by atoms with Gasteiger partial charge in [0.1, 0.15) is 0 Å². The molecule has 0 unspecified atom stereocenters. The second-order valence-corrected chi connectivity index (χ2v) is 6.03. The quantitative estimate of drug-likeness (QED) is 0.672. The van der Waals surface area contributed by atoms with Gasteiger partial charge < -0.3 is 5.32 Å². The molecule has 0 saturated heterocycles. The number of hydrogen-bond donors (Lipinski definition) is 1. The molecule has 0 spiro atoms. The molecule has 0 aromatic heterocycles. The number of nitrogens with one attached hydrogen (secondary N) is 1. The molecule has 0 heterocycles. The van der Waals surface area contributed by atoms with Crippen molar-refractivity contribution in [1.29, 1.82) is 0 Å². The highest BCUT2D eigenvalue weighted by molar-refractivity contribution is 5.64. The van der Waals surface area contributed by atoms with Crippen LogP contribution in [0, 0.1) is 32.6 Å². The first-order valence-corrected chi connectivity index (χ1v) is 5.99. The summed E-state index contributed by atoms with van der Waals surface area (Å²) in [5, 5.41) is 13.7. The van der Waals surface area contributed by atoms with Crippen LogP contribution in [0.3, 0.4) is 0 Å². The van der Waals surface area contributed by atoms with Crippen LogP contribution in [0.5, 0.6) is 0 Å². The number of hydrogen-bond acceptors (Lipinski definition) is 3. The van der Waals surface area contributed by atoms with Crippen molar-refractivity contribution < 1.29 is 13.7 Å². The summed E-state index contributed by atoms with van der Waals surface area (Å²) in [5.74, 6) is -2.29. The maximum Gasteiger partial charge on any atom is 0.295 e. The molecule has 2 rings (SSSR count). The zero-order valence-corrected chi connectivity index (χ0v) is 11.3. The lowest BCUT2D eigenvalue weighted by Crippen LogP contribution is -2.13. The fourth-order valence-corrected chi connectivity index (χ4v) is 2.53. The second-order valence-electron chi connectivity index (χ2n) is 6.03. The van der Waals surface area contributed by atoms with Crippen molar-refractivity contribution in [2.75, 3.05) is 5.32 Å². The molecule has 0 atom stereocenters. The molecule has 1 fully saturated rings. The van der Waals surface area contributed by atoms with Gasteiger partial charge in [-0.25, -0.2) is 8.78 Å². The Labute approximate surface area is 110 Å². The van der Waals surface area contributed by atoms with E-state index in [-0.39, 0.29) is 22.6 Å². The highest BCUT2D eigenvalue weighted by atomic mass is 19.2. The summed E-state index contributed by atoms with van der Waals surface area (Å²) in [4.78, 5) is 10.2. The normalized spacial score (nSPS) is 20.1. The van der Waals surface area contributed by atoms with Gasteiger partial charge in [0.2, 0.25) is 0 Å². The van der Waals surface area contributed by atoms with Gasteiger partial charge in [0, 0.05) is 12.1 Å². The highest BCUT2D eigenvalue weighted by Gasteiger charge is 2.65. The summed E-state index contributed by atoms with van der Waals surface area (Å²) < 4.78 is 27.0. The van der Waals surface area contributed by atoms with Crippen LogP contribution in [0.4, 0.5) is 20.2 Å². The molecule has 6 heteroatoms. The van der Waals surface area contributed by atoms with Crippen LogP contribution in [-0.2, 0) is 0 Å². The third-order valence-electron chi connectivity index (χ3n) is 4.58. The van der Waals surface area contributed by atoms with E-state index in [0.717, 1.165) is 12.1 Å². The molecule has 0 aliphatic heterocycles. The Morgan fingerprint density at radius 2 is 1.74 bits per heavy atom. The first-order chi connectivity index (χ1) is 8.60. The van der Waals surface area contributed by atoms with E-state index in [1.54, 1.807) is 0 Å². The van der Waals surface area contributed by atoms with E-state index in [1.807, 2.05) is 27.7 Å². The maximum absolute atomic E-state index is 13.8. The average molecular weight is 270 g/mol. The fourth-order valence-electron chi connectivity index (χ4n) is 2.53. The standard InChI is InChI=1S/C13H16F2N2O2/c1-12(2)11(13(12,3)4)16-10-8(17(18)19)6-5-7(14)9(10)15/h5-6,11,16H,1-4H3.